The van der Waals surface area contributed by atoms with Gasteiger partial charge in [-0.1, -0.05) is 26.7 Å². The van der Waals surface area contributed by atoms with Crippen LogP contribution in [0.2, 0.25) is 0 Å². The van der Waals surface area contributed by atoms with Gasteiger partial charge in [0, 0.05) is 24.9 Å². The van der Waals surface area contributed by atoms with Crippen LogP contribution in [0, 0.1) is 17.3 Å². The molecule has 0 aromatic carbocycles. The van der Waals surface area contributed by atoms with E-state index in [1.165, 1.54) is 16.7 Å². The van der Waals surface area contributed by atoms with E-state index in [1.807, 2.05) is 11.2 Å². The Morgan fingerprint density at radius 1 is 1.19 bits per heavy atom. The van der Waals surface area contributed by atoms with Crippen LogP contribution in [0.4, 0.5) is 0 Å². The number of piperidine rings is 1. The van der Waals surface area contributed by atoms with Crippen LogP contribution in [0.5, 0.6) is 0 Å². The van der Waals surface area contributed by atoms with Gasteiger partial charge >= 0.3 is 0 Å². The molecule has 0 aromatic rings. The molecule has 6 nitrogen and oxygen atoms in total. The Labute approximate surface area is 160 Å². The third-order valence-corrected chi connectivity index (χ3v) is 7.07. The van der Waals surface area contributed by atoms with Crippen molar-refractivity contribution in [2.45, 2.75) is 58.0 Å². The van der Waals surface area contributed by atoms with Crippen LogP contribution >= 0.6 is 11.8 Å². The molecule has 2 N–H and O–H groups in total. The molecule has 146 valence electrons. The number of nitrogens with zero attached hydrogens (tertiary/aromatic N) is 2. The number of hydrogen-bond acceptors (Lipinski definition) is 5. The highest BCUT2D eigenvalue weighted by molar-refractivity contribution is 7.98. The molecule has 4 unspecified atom stereocenters. The zero-order chi connectivity index (χ0) is 19.1. The average molecular weight is 382 g/mol. The smallest absolute Gasteiger partial charge is 0.246 e. The number of carbonyl (C=O) groups excluding carboxylic acids is 3. The molecule has 3 amide bonds. The van der Waals surface area contributed by atoms with Crippen LogP contribution in [0.3, 0.4) is 0 Å². The molecule has 2 saturated heterocycles. The Kier molecular flexibility index (Phi) is 5.68. The fourth-order valence-corrected chi connectivity index (χ4v) is 5.29. The zero-order valence-electron chi connectivity index (χ0n) is 16.1. The van der Waals surface area contributed by atoms with Gasteiger partial charge in [-0.3, -0.25) is 19.3 Å². The molecular formula is C19H31N3O3S. The second-order valence-corrected chi connectivity index (χ2v) is 9.57. The van der Waals surface area contributed by atoms with Crippen LogP contribution < -0.4 is 5.73 Å². The summed E-state index contributed by atoms with van der Waals surface area (Å²) >= 11 is 1.51. The Hall–Kier alpha value is -1.08. The van der Waals surface area contributed by atoms with Crippen molar-refractivity contribution in [1.29, 1.82) is 0 Å². The highest BCUT2D eigenvalue weighted by Crippen LogP contribution is 2.39. The first-order chi connectivity index (χ1) is 12.3. The van der Waals surface area contributed by atoms with Crippen molar-refractivity contribution in [1.82, 2.24) is 9.80 Å². The summed E-state index contributed by atoms with van der Waals surface area (Å²) < 4.78 is 0. The van der Waals surface area contributed by atoms with Gasteiger partial charge in [-0.15, -0.1) is 0 Å². The number of likely N-dealkylation sites (tertiary alicyclic amines) is 2. The lowest BCUT2D eigenvalue weighted by Gasteiger charge is -2.44. The molecule has 3 aliphatic rings. The molecule has 0 bridgehead atoms. The quantitative estimate of drug-likeness (QED) is 0.746. The summed E-state index contributed by atoms with van der Waals surface area (Å²) in [5, 5.41) is 0. The van der Waals surface area contributed by atoms with Crippen molar-refractivity contribution in [2.75, 3.05) is 25.1 Å². The zero-order valence-corrected chi connectivity index (χ0v) is 16.9. The second-order valence-electron chi connectivity index (χ2n) is 8.66. The van der Waals surface area contributed by atoms with Gasteiger partial charge in [0.2, 0.25) is 17.7 Å². The van der Waals surface area contributed by atoms with Gasteiger partial charge in [-0.2, -0.15) is 11.8 Å². The molecule has 2 aliphatic heterocycles. The average Bonchev–Trinajstić information content (AvgIpc) is 2.86. The molecule has 3 fully saturated rings. The van der Waals surface area contributed by atoms with E-state index in [4.69, 9.17) is 5.73 Å². The number of carbonyl (C=O) groups is 3. The minimum absolute atomic E-state index is 0.0588. The predicted molar refractivity (Wildman–Crippen MR) is 102 cm³/mol. The van der Waals surface area contributed by atoms with Gasteiger partial charge in [-0.05, 0) is 30.9 Å². The molecule has 2 heterocycles. The van der Waals surface area contributed by atoms with Crippen LogP contribution in [-0.2, 0) is 14.4 Å². The maximum atomic E-state index is 13.3. The molecule has 4 atom stereocenters. The Bertz CT molecular complexity index is 571. The standard InChI is InChI=1S/C19H31N3O3S/c1-19(2)11-21(9-8-15(19)20)18(25)14(10-26-3)22-16(23)12-6-4-5-7-13(12)17(22)24/h12-15H,4-11,20H2,1-3H3. The van der Waals surface area contributed by atoms with E-state index in [1.54, 1.807) is 0 Å². The van der Waals surface area contributed by atoms with Crippen molar-refractivity contribution >= 4 is 29.5 Å². The predicted octanol–water partition coefficient (Wildman–Crippen LogP) is 1.48. The lowest BCUT2D eigenvalue weighted by molar-refractivity contribution is -0.152. The number of hydrogen-bond donors (Lipinski definition) is 1. The third kappa shape index (κ3) is 3.40. The summed E-state index contributed by atoms with van der Waals surface area (Å²) in [4.78, 5) is 42.3. The number of amides is 3. The van der Waals surface area contributed by atoms with Crippen molar-refractivity contribution in [3.63, 3.8) is 0 Å². The van der Waals surface area contributed by atoms with E-state index in [2.05, 4.69) is 13.8 Å². The molecule has 3 rings (SSSR count). The van der Waals surface area contributed by atoms with E-state index in [0.717, 1.165) is 32.1 Å². The first kappa shape index (κ1) is 19.7. The lowest BCUT2D eigenvalue weighted by Crippen LogP contribution is -2.59. The largest absolute Gasteiger partial charge is 0.340 e. The maximum absolute atomic E-state index is 13.3. The molecule has 26 heavy (non-hydrogen) atoms. The highest BCUT2D eigenvalue weighted by Gasteiger charge is 2.52. The summed E-state index contributed by atoms with van der Waals surface area (Å²) in [5.41, 5.74) is 6.03. The van der Waals surface area contributed by atoms with Crippen LogP contribution in [0.1, 0.15) is 46.0 Å². The topological polar surface area (TPSA) is 83.7 Å². The highest BCUT2D eigenvalue weighted by atomic mass is 32.2. The minimum atomic E-state index is -0.680. The van der Waals surface area contributed by atoms with Gasteiger partial charge in [-0.25, -0.2) is 0 Å². The monoisotopic (exact) mass is 381 g/mol. The summed E-state index contributed by atoms with van der Waals surface area (Å²) in [6.45, 7) is 5.31. The normalized spacial score (nSPS) is 32.5. The number of rotatable bonds is 4. The van der Waals surface area contributed by atoms with Gasteiger partial charge in [0.25, 0.3) is 0 Å². The van der Waals surface area contributed by atoms with Gasteiger partial charge in [0.05, 0.1) is 11.8 Å². The number of fused-ring (bicyclic) bond motifs is 1. The summed E-state index contributed by atoms with van der Waals surface area (Å²) in [6.07, 6.45) is 6.20. The minimum Gasteiger partial charge on any atom is -0.340 e. The fraction of sp³-hybridized carbons (Fsp3) is 0.842. The van der Waals surface area contributed by atoms with Gasteiger partial charge < -0.3 is 10.6 Å². The molecule has 1 saturated carbocycles. The van der Waals surface area contributed by atoms with E-state index in [9.17, 15) is 14.4 Å². The molecule has 0 spiro atoms. The molecular weight excluding hydrogens is 350 g/mol. The number of thioether (sulfide) groups is 1. The van der Waals surface area contributed by atoms with Crippen LogP contribution in [-0.4, -0.2) is 64.7 Å². The van der Waals surface area contributed by atoms with Crippen LogP contribution in [0.15, 0.2) is 0 Å². The molecule has 1 aliphatic carbocycles. The first-order valence-corrected chi connectivity index (χ1v) is 11.1. The van der Waals surface area contributed by atoms with Crippen molar-refractivity contribution in [3.8, 4) is 0 Å². The van der Waals surface area contributed by atoms with Gasteiger partial charge in [0.1, 0.15) is 6.04 Å². The lowest BCUT2D eigenvalue weighted by atomic mass is 9.79. The van der Waals surface area contributed by atoms with E-state index < -0.39 is 6.04 Å². The Balaban J connectivity index is 1.81. The Morgan fingerprint density at radius 3 is 2.27 bits per heavy atom. The van der Waals surface area contributed by atoms with E-state index in [0.29, 0.717) is 18.8 Å². The second kappa shape index (κ2) is 7.50. The van der Waals surface area contributed by atoms with Crippen molar-refractivity contribution in [2.24, 2.45) is 23.0 Å². The van der Waals surface area contributed by atoms with Crippen molar-refractivity contribution < 1.29 is 14.4 Å². The summed E-state index contributed by atoms with van der Waals surface area (Å²) in [5.74, 6) is -0.308. The van der Waals surface area contributed by atoms with E-state index in [-0.39, 0.29) is 41.0 Å². The third-order valence-electron chi connectivity index (χ3n) is 6.42. The SMILES string of the molecule is CSCC(C(=O)N1CCC(N)C(C)(C)C1)N1C(=O)C2CCCCC2C1=O. The maximum Gasteiger partial charge on any atom is 0.246 e. The van der Waals surface area contributed by atoms with Crippen molar-refractivity contribution in [3.05, 3.63) is 0 Å². The molecule has 0 radical (unpaired) electrons. The van der Waals surface area contributed by atoms with Gasteiger partial charge in [0.15, 0.2) is 0 Å². The Morgan fingerprint density at radius 2 is 1.77 bits per heavy atom. The molecule has 7 heteroatoms. The first-order valence-electron chi connectivity index (χ1n) is 9.68. The number of nitrogens with two attached hydrogens (primary N) is 1. The summed E-state index contributed by atoms with van der Waals surface area (Å²) in [6, 6.07) is -0.621. The number of imide groups is 1. The molecule has 0 aromatic heterocycles. The van der Waals surface area contributed by atoms with Crippen LogP contribution in [0.25, 0.3) is 0 Å². The summed E-state index contributed by atoms with van der Waals surface area (Å²) in [7, 11) is 0. The fourth-order valence-electron chi connectivity index (χ4n) is 4.68. The van der Waals surface area contributed by atoms with E-state index >= 15 is 0 Å².